The van der Waals surface area contributed by atoms with Crippen molar-refractivity contribution in [3.8, 4) is 11.6 Å². The second kappa shape index (κ2) is 6.57. The zero-order chi connectivity index (χ0) is 15.4. The largest absolute Gasteiger partial charge is 0.438 e. The summed E-state index contributed by atoms with van der Waals surface area (Å²) in [5.74, 6) is 2.51. The van der Waals surface area contributed by atoms with Crippen LogP contribution in [-0.2, 0) is 0 Å². The smallest absolute Gasteiger partial charge is 0.227 e. The SMILES string of the molecule is CCC(C)c1ccccc1Oc1ncnc(N)c1C(C)C. The maximum atomic E-state index is 6.07. The minimum Gasteiger partial charge on any atom is -0.438 e. The molecule has 0 amide bonds. The first-order chi connectivity index (χ1) is 10.0. The average Bonchev–Trinajstić information content (AvgIpc) is 2.46. The van der Waals surface area contributed by atoms with E-state index in [2.05, 4.69) is 43.7 Å². The van der Waals surface area contributed by atoms with Gasteiger partial charge in [-0.25, -0.2) is 9.97 Å². The molecule has 2 N–H and O–H groups in total. The Morgan fingerprint density at radius 1 is 1.14 bits per heavy atom. The van der Waals surface area contributed by atoms with Gasteiger partial charge >= 0.3 is 0 Å². The van der Waals surface area contributed by atoms with Crippen molar-refractivity contribution in [3.05, 3.63) is 41.7 Å². The first kappa shape index (κ1) is 15.3. The quantitative estimate of drug-likeness (QED) is 0.879. The van der Waals surface area contributed by atoms with Gasteiger partial charge in [-0.05, 0) is 29.9 Å². The Hall–Kier alpha value is -2.10. The Morgan fingerprint density at radius 3 is 2.52 bits per heavy atom. The fourth-order valence-electron chi connectivity index (χ4n) is 2.32. The van der Waals surface area contributed by atoms with Gasteiger partial charge in [-0.1, -0.05) is 45.9 Å². The lowest BCUT2D eigenvalue weighted by atomic mass is 9.98. The molecule has 21 heavy (non-hydrogen) atoms. The molecule has 1 heterocycles. The Kier molecular flexibility index (Phi) is 4.78. The van der Waals surface area contributed by atoms with Crippen LogP contribution in [0.1, 0.15) is 57.1 Å². The van der Waals surface area contributed by atoms with Crippen molar-refractivity contribution in [2.75, 3.05) is 5.73 Å². The molecule has 0 fully saturated rings. The molecule has 0 spiro atoms. The summed E-state index contributed by atoms with van der Waals surface area (Å²) in [6, 6.07) is 8.08. The summed E-state index contributed by atoms with van der Waals surface area (Å²) >= 11 is 0. The van der Waals surface area contributed by atoms with Crippen molar-refractivity contribution in [3.63, 3.8) is 0 Å². The molecule has 0 aliphatic heterocycles. The summed E-state index contributed by atoms with van der Waals surface area (Å²) in [7, 11) is 0. The Bertz CT molecular complexity index is 611. The van der Waals surface area contributed by atoms with E-state index in [9.17, 15) is 0 Å². The van der Waals surface area contributed by atoms with Crippen molar-refractivity contribution in [1.82, 2.24) is 9.97 Å². The fourth-order valence-corrected chi connectivity index (χ4v) is 2.32. The molecule has 1 aromatic carbocycles. The van der Waals surface area contributed by atoms with Crippen molar-refractivity contribution in [1.29, 1.82) is 0 Å². The van der Waals surface area contributed by atoms with E-state index < -0.39 is 0 Å². The fraction of sp³-hybridized carbons (Fsp3) is 0.412. The van der Waals surface area contributed by atoms with E-state index >= 15 is 0 Å². The van der Waals surface area contributed by atoms with Crippen LogP contribution >= 0.6 is 0 Å². The number of hydrogen-bond acceptors (Lipinski definition) is 4. The lowest BCUT2D eigenvalue weighted by Crippen LogP contribution is -2.05. The molecule has 4 nitrogen and oxygen atoms in total. The van der Waals surface area contributed by atoms with Gasteiger partial charge in [0.1, 0.15) is 17.9 Å². The van der Waals surface area contributed by atoms with Gasteiger partial charge < -0.3 is 10.5 Å². The van der Waals surface area contributed by atoms with Crippen molar-refractivity contribution in [2.45, 2.75) is 46.0 Å². The Morgan fingerprint density at radius 2 is 1.86 bits per heavy atom. The highest BCUT2D eigenvalue weighted by molar-refractivity contribution is 5.49. The number of rotatable bonds is 5. The first-order valence-electron chi connectivity index (χ1n) is 7.41. The van der Waals surface area contributed by atoms with Gasteiger partial charge in [0, 0.05) is 0 Å². The van der Waals surface area contributed by atoms with E-state index in [1.54, 1.807) is 0 Å². The number of benzene rings is 1. The van der Waals surface area contributed by atoms with Gasteiger partial charge in [-0.3, -0.25) is 0 Å². The van der Waals surface area contributed by atoms with Crippen LogP contribution in [0.15, 0.2) is 30.6 Å². The van der Waals surface area contributed by atoms with Gasteiger partial charge in [0.15, 0.2) is 0 Å². The number of nitrogens with two attached hydrogens (primary N) is 1. The molecule has 0 aliphatic rings. The maximum Gasteiger partial charge on any atom is 0.227 e. The maximum absolute atomic E-state index is 6.07. The van der Waals surface area contributed by atoms with Crippen LogP contribution in [0, 0.1) is 0 Å². The van der Waals surface area contributed by atoms with Crippen LogP contribution in [0.4, 0.5) is 5.82 Å². The van der Waals surface area contributed by atoms with E-state index in [4.69, 9.17) is 10.5 Å². The number of aromatic nitrogens is 2. The molecule has 1 aromatic heterocycles. The predicted octanol–water partition coefficient (Wildman–Crippen LogP) is 4.49. The van der Waals surface area contributed by atoms with Crippen LogP contribution in [0.5, 0.6) is 11.6 Å². The monoisotopic (exact) mass is 285 g/mol. The van der Waals surface area contributed by atoms with E-state index in [0.29, 0.717) is 17.6 Å². The van der Waals surface area contributed by atoms with Crippen molar-refractivity contribution >= 4 is 5.82 Å². The number of anilines is 1. The first-order valence-corrected chi connectivity index (χ1v) is 7.41. The third kappa shape index (κ3) is 3.32. The van der Waals surface area contributed by atoms with Crippen LogP contribution in [0.3, 0.4) is 0 Å². The summed E-state index contributed by atoms with van der Waals surface area (Å²) in [5.41, 5.74) is 8.01. The van der Waals surface area contributed by atoms with Crippen LogP contribution in [-0.4, -0.2) is 9.97 Å². The highest BCUT2D eigenvalue weighted by Crippen LogP contribution is 2.35. The van der Waals surface area contributed by atoms with Crippen LogP contribution in [0.2, 0.25) is 0 Å². The molecule has 2 aromatic rings. The van der Waals surface area contributed by atoms with Crippen LogP contribution < -0.4 is 10.5 Å². The molecule has 112 valence electrons. The molecule has 1 unspecified atom stereocenters. The molecule has 0 saturated heterocycles. The third-order valence-electron chi connectivity index (χ3n) is 3.72. The summed E-state index contributed by atoms with van der Waals surface area (Å²) < 4.78 is 6.07. The molecular weight excluding hydrogens is 262 g/mol. The second-order valence-electron chi connectivity index (χ2n) is 5.58. The molecule has 1 atom stereocenters. The molecule has 0 radical (unpaired) electrons. The van der Waals surface area contributed by atoms with Crippen molar-refractivity contribution < 1.29 is 4.74 Å². The normalized spacial score (nSPS) is 12.4. The summed E-state index contributed by atoms with van der Waals surface area (Å²) in [6.07, 6.45) is 2.51. The Labute approximate surface area is 126 Å². The molecular formula is C17H23N3O. The molecule has 0 bridgehead atoms. The average molecular weight is 285 g/mol. The second-order valence-corrected chi connectivity index (χ2v) is 5.58. The van der Waals surface area contributed by atoms with Gasteiger partial charge in [0.2, 0.25) is 5.88 Å². The van der Waals surface area contributed by atoms with Gasteiger partial charge in [0.25, 0.3) is 0 Å². The lowest BCUT2D eigenvalue weighted by Gasteiger charge is -2.18. The molecule has 0 saturated carbocycles. The molecule has 2 rings (SSSR count). The van der Waals surface area contributed by atoms with E-state index in [-0.39, 0.29) is 5.92 Å². The van der Waals surface area contributed by atoms with Gasteiger partial charge in [-0.2, -0.15) is 0 Å². The van der Waals surface area contributed by atoms with E-state index in [1.165, 1.54) is 11.9 Å². The van der Waals surface area contributed by atoms with Crippen molar-refractivity contribution in [2.24, 2.45) is 0 Å². The van der Waals surface area contributed by atoms with Crippen LogP contribution in [0.25, 0.3) is 0 Å². The topological polar surface area (TPSA) is 61.0 Å². The standard InChI is InChI=1S/C17H23N3O/c1-5-12(4)13-8-6-7-9-14(13)21-17-15(11(2)3)16(18)19-10-20-17/h6-12H,5H2,1-4H3,(H2,18,19,20). The number of nitrogen functional groups attached to an aromatic ring is 1. The lowest BCUT2D eigenvalue weighted by molar-refractivity contribution is 0.442. The zero-order valence-corrected chi connectivity index (χ0v) is 13.1. The van der Waals surface area contributed by atoms with E-state index in [0.717, 1.165) is 17.7 Å². The minimum atomic E-state index is 0.206. The number of hydrogen-bond donors (Lipinski definition) is 1. The Balaban J connectivity index is 2.42. The molecule has 0 aliphatic carbocycles. The third-order valence-corrected chi connectivity index (χ3v) is 3.72. The highest BCUT2D eigenvalue weighted by Gasteiger charge is 2.17. The van der Waals surface area contributed by atoms with Gasteiger partial charge in [0.05, 0.1) is 5.56 Å². The number of ether oxygens (including phenoxy) is 1. The highest BCUT2D eigenvalue weighted by atomic mass is 16.5. The van der Waals surface area contributed by atoms with E-state index in [1.807, 2.05) is 18.2 Å². The summed E-state index contributed by atoms with van der Waals surface area (Å²) in [6.45, 7) is 8.48. The summed E-state index contributed by atoms with van der Waals surface area (Å²) in [4.78, 5) is 8.33. The minimum absolute atomic E-state index is 0.206. The van der Waals surface area contributed by atoms with Gasteiger partial charge in [-0.15, -0.1) is 0 Å². The summed E-state index contributed by atoms with van der Waals surface area (Å²) in [5, 5.41) is 0. The molecule has 4 heteroatoms. The predicted molar refractivity (Wildman–Crippen MR) is 85.8 cm³/mol. The zero-order valence-electron chi connectivity index (χ0n) is 13.1. The number of para-hydroxylation sites is 1. The number of nitrogens with zero attached hydrogens (tertiary/aromatic N) is 2.